The van der Waals surface area contributed by atoms with Crippen LogP contribution in [0.1, 0.15) is 22.3 Å². The zero-order valence-corrected chi connectivity index (χ0v) is 32.2. The minimum Gasteiger partial charge on any atom is -0.208 e. The van der Waals surface area contributed by atoms with Crippen molar-refractivity contribution in [1.29, 1.82) is 0 Å². The lowest BCUT2D eigenvalue weighted by Crippen LogP contribution is -2.31. The molecular weight excluding hydrogens is 731 g/mol. The van der Waals surface area contributed by atoms with Gasteiger partial charge in [-0.3, -0.25) is 0 Å². The summed E-state index contributed by atoms with van der Waals surface area (Å²) in [5.74, 6) is 1.97. The van der Waals surface area contributed by atoms with Gasteiger partial charge in [-0.15, -0.1) is 11.3 Å². The minimum absolute atomic E-state index is 0.395. The summed E-state index contributed by atoms with van der Waals surface area (Å²) < 4.78 is 2.58. The van der Waals surface area contributed by atoms with Gasteiger partial charge in [0.15, 0.2) is 17.5 Å². The van der Waals surface area contributed by atoms with Crippen molar-refractivity contribution in [3.05, 3.63) is 210 Å². The van der Waals surface area contributed by atoms with Gasteiger partial charge in [0.25, 0.3) is 0 Å². The largest absolute Gasteiger partial charge is 0.208 e. The van der Waals surface area contributed by atoms with Gasteiger partial charge in [-0.1, -0.05) is 169 Å². The van der Waals surface area contributed by atoms with Crippen LogP contribution in [-0.4, -0.2) is 15.0 Å². The fraction of sp³-hybridized carbons (Fsp3) is 0.0192. The summed E-state index contributed by atoms with van der Waals surface area (Å²) in [5, 5.41) is 2.57. The lowest BCUT2D eigenvalue weighted by molar-refractivity contribution is 0.723. The summed E-state index contributed by atoms with van der Waals surface area (Å²) in [6.07, 6.45) is 0. The van der Waals surface area contributed by atoms with E-state index in [4.69, 9.17) is 15.0 Å². The number of hydrogen-bond donors (Lipinski definition) is 0. The molecule has 1 aliphatic heterocycles. The van der Waals surface area contributed by atoms with E-state index in [9.17, 15) is 0 Å². The fourth-order valence-corrected chi connectivity index (χ4v) is 11.6. The Balaban J connectivity index is 1.05. The number of hydrogen-bond acceptors (Lipinski definition) is 5. The molecule has 10 aromatic rings. The van der Waals surface area contributed by atoms with Gasteiger partial charge < -0.3 is 0 Å². The summed E-state index contributed by atoms with van der Waals surface area (Å²) in [7, 11) is 0. The molecule has 0 N–H and O–H groups in total. The minimum atomic E-state index is -0.395. The van der Waals surface area contributed by atoms with Crippen LogP contribution >= 0.6 is 23.1 Å². The number of nitrogens with zero attached hydrogens (tertiary/aromatic N) is 3. The highest BCUT2D eigenvalue weighted by Crippen LogP contribution is 2.63. The summed E-state index contributed by atoms with van der Waals surface area (Å²) in [4.78, 5) is 17.6. The van der Waals surface area contributed by atoms with E-state index in [2.05, 4.69) is 127 Å². The van der Waals surface area contributed by atoms with E-state index in [1.807, 2.05) is 83.8 Å². The Hall–Kier alpha value is -6.66. The Labute approximate surface area is 338 Å². The third kappa shape index (κ3) is 4.89. The predicted molar refractivity (Wildman–Crippen MR) is 236 cm³/mol. The Bertz CT molecular complexity index is 3120. The second kappa shape index (κ2) is 12.7. The highest BCUT2D eigenvalue weighted by Gasteiger charge is 2.50. The maximum absolute atomic E-state index is 5.04. The van der Waals surface area contributed by atoms with E-state index in [1.54, 1.807) is 0 Å². The van der Waals surface area contributed by atoms with E-state index in [1.165, 1.54) is 68.9 Å². The molecule has 1 aliphatic carbocycles. The number of benzene rings is 8. The molecule has 0 atom stereocenters. The van der Waals surface area contributed by atoms with Crippen molar-refractivity contribution in [2.24, 2.45) is 0 Å². The van der Waals surface area contributed by atoms with Crippen LogP contribution in [0.3, 0.4) is 0 Å². The van der Waals surface area contributed by atoms with Gasteiger partial charge in [0.2, 0.25) is 0 Å². The first-order chi connectivity index (χ1) is 28.2. The highest BCUT2D eigenvalue weighted by atomic mass is 32.2. The topological polar surface area (TPSA) is 38.7 Å². The van der Waals surface area contributed by atoms with Gasteiger partial charge >= 0.3 is 0 Å². The Kier molecular flexibility index (Phi) is 7.25. The van der Waals surface area contributed by atoms with Crippen LogP contribution in [0.2, 0.25) is 0 Å². The third-order valence-electron chi connectivity index (χ3n) is 11.6. The second-order valence-electron chi connectivity index (χ2n) is 14.7. The first kappa shape index (κ1) is 32.6. The average molecular weight is 762 g/mol. The number of aromatic nitrogens is 3. The molecule has 8 aromatic carbocycles. The molecule has 2 aromatic heterocycles. The molecule has 0 bridgehead atoms. The van der Waals surface area contributed by atoms with Crippen molar-refractivity contribution in [3.63, 3.8) is 0 Å². The zero-order chi connectivity index (χ0) is 37.5. The molecule has 0 amide bonds. The molecule has 0 saturated heterocycles. The molecule has 0 unspecified atom stereocenters. The van der Waals surface area contributed by atoms with Gasteiger partial charge in [0, 0.05) is 46.7 Å². The molecule has 2 aliphatic rings. The van der Waals surface area contributed by atoms with E-state index < -0.39 is 5.41 Å². The molecule has 3 nitrogen and oxygen atoms in total. The molecule has 266 valence electrons. The SMILES string of the molecule is c1ccc(-c2nc(-c3ccccc3)nc(-c3cccc(-c4cccc5c4sc4cc6c(cc45)-c4ccccc4C64c5ccccc5Sc5ccccc54)c3)n2)cc1. The molecular formula is C52H31N3S2. The van der Waals surface area contributed by atoms with E-state index >= 15 is 0 Å². The summed E-state index contributed by atoms with van der Waals surface area (Å²) in [5.41, 5.74) is 12.9. The lowest BCUT2D eigenvalue weighted by Gasteiger charge is -2.39. The van der Waals surface area contributed by atoms with Gasteiger partial charge in [-0.2, -0.15) is 0 Å². The first-order valence-electron chi connectivity index (χ1n) is 19.2. The Morgan fingerprint density at radius 1 is 0.351 bits per heavy atom. The maximum Gasteiger partial charge on any atom is 0.164 e. The fourth-order valence-electron chi connectivity index (χ4n) is 9.13. The summed E-state index contributed by atoms with van der Waals surface area (Å²) >= 11 is 3.78. The van der Waals surface area contributed by atoms with Crippen molar-refractivity contribution in [2.45, 2.75) is 15.2 Å². The summed E-state index contributed by atoms with van der Waals surface area (Å²) in [6.45, 7) is 0. The smallest absolute Gasteiger partial charge is 0.164 e. The molecule has 0 radical (unpaired) electrons. The Morgan fingerprint density at radius 3 is 1.56 bits per heavy atom. The van der Waals surface area contributed by atoms with Crippen molar-refractivity contribution < 1.29 is 0 Å². The maximum atomic E-state index is 5.04. The highest BCUT2D eigenvalue weighted by molar-refractivity contribution is 7.99. The van der Waals surface area contributed by atoms with Gasteiger partial charge in [-0.25, -0.2) is 15.0 Å². The molecule has 5 heteroatoms. The van der Waals surface area contributed by atoms with Crippen LogP contribution in [0.4, 0.5) is 0 Å². The Morgan fingerprint density at radius 2 is 0.877 bits per heavy atom. The van der Waals surface area contributed by atoms with Crippen LogP contribution in [-0.2, 0) is 5.41 Å². The first-order valence-corrected chi connectivity index (χ1v) is 20.8. The van der Waals surface area contributed by atoms with Gasteiger partial charge in [-0.05, 0) is 74.8 Å². The molecule has 0 fully saturated rings. The number of fused-ring (bicyclic) bond motifs is 12. The second-order valence-corrected chi connectivity index (χ2v) is 16.8. The van der Waals surface area contributed by atoms with Crippen LogP contribution in [0.15, 0.2) is 198 Å². The van der Waals surface area contributed by atoms with Crippen molar-refractivity contribution in [2.75, 3.05) is 0 Å². The molecule has 0 saturated carbocycles. The average Bonchev–Trinajstić information content (AvgIpc) is 3.79. The summed E-state index contributed by atoms with van der Waals surface area (Å²) in [6, 6.07) is 67.8. The zero-order valence-electron chi connectivity index (χ0n) is 30.6. The third-order valence-corrected chi connectivity index (χ3v) is 13.9. The lowest BCUT2D eigenvalue weighted by atomic mass is 9.67. The molecule has 1 spiro atoms. The quantitative estimate of drug-likeness (QED) is 0.179. The van der Waals surface area contributed by atoms with Gasteiger partial charge in [0.05, 0.1) is 5.41 Å². The number of rotatable bonds is 4. The van der Waals surface area contributed by atoms with E-state index in [0.717, 1.165) is 22.3 Å². The number of thiophene rings is 1. The van der Waals surface area contributed by atoms with Gasteiger partial charge in [0.1, 0.15) is 0 Å². The molecule has 3 heterocycles. The standard InChI is InChI=1S/C52H31N3S2/c1-3-15-32(16-4-1)49-53-50(33-17-5-2-6-18-33)55-51(54-49)35-20-13-19-34(29-35)36-22-14-23-38-40-30-39-37-21-7-8-24-41(37)52(44(39)31-47(40)57-48(36)38)42-25-9-11-27-45(42)56-46-28-12-10-26-43(46)52/h1-31H. The van der Waals surface area contributed by atoms with Crippen molar-refractivity contribution in [3.8, 4) is 56.4 Å². The van der Waals surface area contributed by atoms with Crippen molar-refractivity contribution >= 4 is 43.3 Å². The van der Waals surface area contributed by atoms with Crippen LogP contribution in [0.5, 0.6) is 0 Å². The van der Waals surface area contributed by atoms with Crippen molar-refractivity contribution in [1.82, 2.24) is 15.0 Å². The van der Waals surface area contributed by atoms with Crippen LogP contribution in [0, 0.1) is 0 Å². The molecule has 57 heavy (non-hydrogen) atoms. The normalized spacial score (nSPS) is 13.3. The monoisotopic (exact) mass is 761 g/mol. The van der Waals surface area contributed by atoms with E-state index in [-0.39, 0.29) is 0 Å². The van der Waals surface area contributed by atoms with Crippen LogP contribution < -0.4 is 0 Å². The molecule has 12 rings (SSSR count). The van der Waals surface area contributed by atoms with Crippen LogP contribution in [0.25, 0.3) is 76.6 Å². The predicted octanol–water partition coefficient (Wildman–Crippen LogP) is 13.7. The van der Waals surface area contributed by atoms with E-state index in [0.29, 0.717) is 17.5 Å².